The van der Waals surface area contributed by atoms with Gasteiger partial charge in [-0.3, -0.25) is 9.69 Å². The molecular formula is C13H17N3O3. The number of rotatable bonds is 5. The molecule has 1 unspecified atom stereocenters. The van der Waals surface area contributed by atoms with Crippen LogP contribution < -0.4 is 5.69 Å². The number of hydrogen-bond donors (Lipinski definition) is 3. The Morgan fingerprint density at radius 2 is 2.00 bits per heavy atom. The van der Waals surface area contributed by atoms with Crippen LogP contribution in [0.2, 0.25) is 0 Å². The number of aryl methyl sites for hydroxylation is 1. The number of nitrogens with one attached hydrogen (secondary N) is 2. The minimum Gasteiger partial charge on any atom is -0.480 e. The molecule has 1 atom stereocenters. The zero-order valence-corrected chi connectivity index (χ0v) is 10.9. The van der Waals surface area contributed by atoms with Gasteiger partial charge in [-0.25, -0.2) is 4.79 Å². The first-order valence-corrected chi connectivity index (χ1v) is 6.07. The number of carbonyl (C=O) groups is 1. The van der Waals surface area contributed by atoms with Crippen molar-refractivity contribution in [1.29, 1.82) is 0 Å². The van der Waals surface area contributed by atoms with Crippen LogP contribution in [0.5, 0.6) is 0 Å². The maximum atomic E-state index is 11.1. The van der Waals surface area contributed by atoms with E-state index in [1.54, 1.807) is 19.0 Å². The third-order valence-electron chi connectivity index (χ3n) is 3.20. The number of carboxylic acids is 1. The van der Waals surface area contributed by atoms with Gasteiger partial charge < -0.3 is 15.1 Å². The van der Waals surface area contributed by atoms with Crippen molar-refractivity contribution >= 4 is 17.0 Å². The van der Waals surface area contributed by atoms with Gasteiger partial charge in [-0.15, -0.1) is 0 Å². The monoisotopic (exact) mass is 263 g/mol. The molecule has 0 fully saturated rings. The van der Waals surface area contributed by atoms with Gasteiger partial charge in [-0.05, 0) is 44.6 Å². The second-order valence-corrected chi connectivity index (χ2v) is 4.82. The summed E-state index contributed by atoms with van der Waals surface area (Å²) in [5, 5.41) is 9.10. The number of aromatic amines is 2. The predicted octanol–water partition coefficient (Wildman–Crippen LogP) is 0.804. The zero-order chi connectivity index (χ0) is 14.0. The highest BCUT2D eigenvalue weighted by atomic mass is 16.4. The largest absolute Gasteiger partial charge is 0.480 e. The number of carboxylic acid groups (broad SMARTS) is 1. The molecule has 0 aliphatic carbocycles. The first-order valence-electron chi connectivity index (χ1n) is 6.07. The standard InChI is InChI=1S/C13H17N3O3/c1-16(2)11(12(17)18)6-4-8-3-5-9-10(7-8)15-13(19)14-9/h3,5,7,11H,4,6H2,1-2H3,(H,17,18)(H2,14,15,19). The zero-order valence-electron chi connectivity index (χ0n) is 10.9. The van der Waals surface area contributed by atoms with E-state index in [2.05, 4.69) is 9.97 Å². The van der Waals surface area contributed by atoms with E-state index >= 15 is 0 Å². The van der Waals surface area contributed by atoms with Crippen molar-refractivity contribution in [3.05, 3.63) is 34.2 Å². The molecule has 0 saturated heterocycles. The summed E-state index contributed by atoms with van der Waals surface area (Å²) in [5.41, 5.74) is 2.29. The highest BCUT2D eigenvalue weighted by molar-refractivity contribution is 5.75. The fraction of sp³-hybridized carbons (Fsp3) is 0.385. The SMILES string of the molecule is CN(C)C(CCc1ccc2[nH]c(=O)[nH]c2c1)C(=O)O. The van der Waals surface area contributed by atoms with Crippen molar-refractivity contribution in [1.82, 2.24) is 14.9 Å². The van der Waals surface area contributed by atoms with Gasteiger partial charge in [0.2, 0.25) is 0 Å². The van der Waals surface area contributed by atoms with Crippen LogP contribution in [0.3, 0.4) is 0 Å². The highest BCUT2D eigenvalue weighted by Crippen LogP contribution is 2.13. The third-order valence-corrected chi connectivity index (χ3v) is 3.20. The lowest BCUT2D eigenvalue weighted by Crippen LogP contribution is -2.35. The summed E-state index contributed by atoms with van der Waals surface area (Å²) in [6.07, 6.45) is 1.18. The minimum absolute atomic E-state index is 0.233. The number of benzene rings is 1. The second kappa shape index (κ2) is 5.27. The molecule has 0 spiro atoms. The Balaban J connectivity index is 2.12. The molecule has 1 heterocycles. The number of imidazole rings is 1. The molecule has 102 valence electrons. The molecule has 0 amide bonds. The van der Waals surface area contributed by atoms with E-state index < -0.39 is 12.0 Å². The second-order valence-electron chi connectivity index (χ2n) is 4.82. The van der Waals surface area contributed by atoms with Crippen LogP contribution in [0.15, 0.2) is 23.0 Å². The molecule has 3 N–H and O–H groups in total. The first-order chi connectivity index (χ1) is 8.97. The molecule has 19 heavy (non-hydrogen) atoms. The van der Waals surface area contributed by atoms with Gasteiger partial charge in [0.1, 0.15) is 6.04 Å². The maximum absolute atomic E-state index is 11.1. The molecule has 2 aromatic rings. The molecule has 1 aromatic heterocycles. The highest BCUT2D eigenvalue weighted by Gasteiger charge is 2.19. The van der Waals surface area contributed by atoms with Gasteiger partial charge >= 0.3 is 11.7 Å². The van der Waals surface area contributed by atoms with Crippen molar-refractivity contribution < 1.29 is 9.90 Å². The molecule has 0 saturated carbocycles. The quantitative estimate of drug-likeness (QED) is 0.744. The lowest BCUT2D eigenvalue weighted by molar-refractivity contribution is -0.142. The molecule has 6 nitrogen and oxygen atoms in total. The van der Waals surface area contributed by atoms with Gasteiger partial charge in [0.25, 0.3) is 0 Å². The fourth-order valence-corrected chi connectivity index (χ4v) is 2.14. The van der Waals surface area contributed by atoms with E-state index in [-0.39, 0.29) is 5.69 Å². The first kappa shape index (κ1) is 13.4. The molecule has 0 aliphatic heterocycles. The average Bonchev–Trinajstić information content (AvgIpc) is 2.67. The molecule has 6 heteroatoms. The van der Waals surface area contributed by atoms with Gasteiger partial charge in [0.05, 0.1) is 11.0 Å². The lowest BCUT2D eigenvalue weighted by atomic mass is 10.0. The molecule has 0 bridgehead atoms. The fourth-order valence-electron chi connectivity index (χ4n) is 2.14. The number of aliphatic carboxylic acids is 1. The van der Waals surface area contributed by atoms with Crippen LogP contribution in [0.25, 0.3) is 11.0 Å². The number of aromatic nitrogens is 2. The average molecular weight is 263 g/mol. The molecule has 0 aliphatic rings. The summed E-state index contributed by atoms with van der Waals surface area (Å²) in [7, 11) is 3.51. The summed E-state index contributed by atoms with van der Waals surface area (Å²) in [5.74, 6) is -0.818. The summed E-state index contributed by atoms with van der Waals surface area (Å²) in [6, 6.07) is 5.11. The van der Waals surface area contributed by atoms with Crippen LogP contribution in [0.4, 0.5) is 0 Å². The minimum atomic E-state index is -0.818. The number of hydrogen-bond acceptors (Lipinski definition) is 3. The van der Waals surface area contributed by atoms with Gasteiger partial charge in [0, 0.05) is 0 Å². The number of likely N-dealkylation sites (N-methyl/N-ethyl adjacent to an activating group) is 1. The Kier molecular flexibility index (Phi) is 3.71. The van der Waals surface area contributed by atoms with Crippen LogP contribution in [0.1, 0.15) is 12.0 Å². The number of H-pyrrole nitrogens is 2. The molecule has 1 aromatic carbocycles. The van der Waals surface area contributed by atoms with Gasteiger partial charge in [-0.1, -0.05) is 6.07 Å². The summed E-state index contributed by atoms with van der Waals surface area (Å²) in [4.78, 5) is 29.3. The maximum Gasteiger partial charge on any atom is 0.323 e. The Morgan fingerprint density at radius 3 is 2.63 bits per heavy atom. The van der Waals surface area contributed by atoms with Crippen LogP contribution in [0, 0.1) is 0 Å². The smallest absolute Gasteiger partial charge is 0.323 e. The van der Waals surface area contributed by atoms with Crippen molar-refractivity contribution in [2.24, 2.45) is 0 Å². The van der Waals surface area contributed by atoms with Crippen LogP contribution in [-0.4, -0.2) is 46.1 Å². The Bertz CT molecular complexity index is 642. The number of nitrogens with zero attached hydrogens (tertiary/aromatic N) is 1. The van der Waals surface area contributed by atoms with Crippen molar-refractivity contribution in [3.8, 4) is 0 Å². The summed E-state index contributed by atoms with van der Waals surface area (Å²) in [6.45, 7) is 0. The molecule has 0 radical (unpaired) electrons. The normalized spacial score (nSPS) is 13.0. The van der Waals surface area contributed by atoms with E-state index in [9.17, 15) is 9.59 Å². The lowest BCUT2D eigenvalue weighted by Gasteiger charge is -2.19. The topological polar surface area (TPSA) is 89.2 Å². The van der Waals surface area contributed by atoms with Crippen molar-refractivity contribution in [2.45, 2.75) is 18.9 Å². The summed E-state index contributed by atoms with van der Waals surface area (Å²) >= 11 is 0. The van der Waals surface area contributed by atoms with E-state index in [1.807, 2.05) is 18.2 Å². The van der Waals surface area contributed by atoms with Crippen LogP contribution in [-0.2, 0) is 11.2 Å². The van der Waals surface area contributed by atoms with Crippen molar-refractivity contribution in [3.63, 3.8) is 0 Å². The van der Waals surface area contributed by atoms with Crippen LogP contribution >= 0.6 is 0 Å². The van der Waals surface area contributed by atoms with E-state index in [0.29, 0.717) is 12.8 Å². The molecular weight excluding hydrogens is 246 g/mol. The number of fused-ring (bicyclic) bond motifs is 1. The predicted molar refractivity (Wildman–Crippen MR) is 72.4 cm³/mol. The Morgan fingerprint density at radius 1 is 1.32 bits per heavy atom. The Labute approximate surface area is 110 Å². The van der Waals surface area contributed by atoms with E-state index in [0.717, 1.165) is 16.6 Å². The Hall–Kier alpha value is -2.08. The third kappa shape index (κ3) is 3.03. The molecule has 2 rings (SSSR count). The van der Waals surface area contributed by atoms with Gasteiger partial charge in [0.15, 0.2) is 0 Å². The van der Waals surface area contributed by atoms with Gasteiger partial charge in [-0.2, -0.15) is 0 Å². The van der Waals surface area contributed by atoms with E-state index in [1.165, 1.54) is 0 Å². The van der Waals surface area contributed by atoms with E-state index in [4.69, 9.17) is 5.11 Å². The summed E-state index contributed by atoms with van der Waals surface area (Å²) < 4.78 is 0. The van der Waals surface area contributed by atoms with Crippen molar-refractivity contribution in [2.75, 3.05) is 14.1 Å².